The van der Waals surface area contributed by atoms with Crippen LogP contribution in [0.5, 0.6) is 0 Å². The molecule has 3 rings (SSSR count). The summed E-state index contributed by atoms with van der Waals surface area (Å²) in [6.45, 7) is 3.81. The lowest BCUT2D eigenvalue weighted by atomic mass is 9.73. The summed E-state index contributed by atoms with van der Waals surface area (Å²) in [5.74, 6) is -0.866. The Hall–Kier alpha value is -2.28. The smallest absolute Gasteiger partial charge is 0.312 e. The van der Waals surface area contributed by atoms with Crippen molar-refractivity contribution < 1.29 is 28.2 Å². The predicted molar refractivity (Wildman–Crippen MR) is 113 cm³/mol. The van der Waals surface area contributed by atoms with E-state index in [-0.39, 0.29) is 36.6 Å². The van der Waals surface area contributed by atoms with E-state index in [0.717, 1.165) is 25.9 Å². The van der Waals surface area contributed by atoms with Crippen molar-refractivity contribution in [1.29, 1.82) is 0 Å². The number of halogens is 1. The van der Waals surface area contributed by atoms with Gasteiger partial charge in [-0.15, -0.1) is 0 Å². The second-order valence-electron chi connectivity index (χ2n) is 8.50. The maximum Gasteiger partial charge on any atom is 0.312 e. The fraction of sp³-hybridized carbons (Fsp3) is 0.625. The van der Waals surface area contributed by atoms with Gasteiger partial charge in [0.25, 0.3) is 0 Å². The van der Waals surface area contributed by atoms with E-state index in [1.54, 1.807) is 11.8 Å². The Morgan fingerprint density at radius 3 is 2.45 bits per heavy atom. The lowest BCUT2D eigenvalue weighted by Gasteiger charge is -2.42. The van der Waals surface area contributed by atoms with Gasteiger partial charge in [0.05, 0.1) is 18.1 Å². The average molecular weight is 434 g/mol. The fourth-order valence-corrected chi connectivity index (χ4v) is 4.52. The van der Waals surface area contributed by atoms with Crippen LogP contribution >= 0.6 is 0 Å². The molecule has 0 N–H and O–H groups in total. The van der Waals surface area contributed by atoms with Crippen LogP contribution in [0.1, 0.15) is 68.6 Å². The third-order valence-electron chi connectivity index (χ3n) is 6.41. The highest BCUT2D eigenvalue weighted by atomic mass is 19.1. The number of carbonyl (C=O) groups is 3. The molecule has 0 saturated carbocycles. The zero-order chi connectivity index (χ0) is 22.3. The minimum Gasteiger partial charge on any atom is -0.466 e. The molecule has 1 amide bonds. The Bertz CT molecular complexity index is 765. The highest BCUT2D eigenvalue weighted by molar-refractivity contribution is 5.97. The van der Waals surface area contributed by atoms with Crippen molar-refractivity contribution >= 4 is 17.7 Å². The van der Waals surface area contributed by atoms with Gasteiger partial charge in [0.1, 0.15) is 5.82 Å². The van der Waals surface area contributed by atoms with Crippen molar-refractivity contribution in [1.82, 2.24) is 4.90 Å². The summed E-state index contributed by atoms with van der Waals surface area (Å²) in [6, 6.07) is 5.35. The molecule has 6 nitrogen and oxygen atoms in total. The number of nitrogens with zero attached hydrogens (tertiary/aromatic N) is 1. The molecular formula is C24H32FNO5. The van der Waals surface area contributed by atoms with Crippen LogP contribution in [-0.4, -0.2) is 55.0 Å². The molecule has 2 heterocycles. The van der Waals surface area contributed by atoms with Crippen molar-refractivity contribution in [2.75, 3.05) is 26.3 Å². The van der Waals surface area contributed by atoms with Gasteiger partial charge in [0.15, 0.2) is 5.78 Å². The Kier molecular flexibility index (Phi) is 8.18. The number of piperidine rings is 1. The largest absolute Gasteiger partial charge is 0.466 e. The van der Waals surface area contributed by atoms with Crippen LogP contribution in [0.3, 0.4) is 0 Å². The quantitative estimate of drug-likeness (QED) is 0.459. The molecule has 7 heteroatoms. The normalized spacial score (nSPS) is 20.8. The second-order valence-corrected chi connectivity index (χ2v) is 8.50. The monoisotopic (exact) mass is 433 g/mol. The highest BCUT2D eigenvalue weighted by Crippen LogP contribution is 2.40. The Labute approximate surface area is 183 Å². The van der Waals surface area contributed by atoms with Crippen LogP contribution in [-0.2, 0) is 19.1 Å². The van der Waals surface area contributed by atoms with Crippen LogP contribution in [0.15, 0.2) is 24.3 Å². The number of hydrogen-bond donors (Lipinski definition) is 0. The SMILES string of the molecule is CCOC(=O)C1(C[C@H]2CCCCO2)CCN(C(=O)CCC(=O)c2ccc(F)cc2)CC1. The topological polar surface area (TPSA) is 72.9 Å². The van der Waals surface area contributed by atoms with E-state index in [1.165, 1.54) is 24.3 Å². The van der Waals surface area contributed by atoms with Gasteiger partial charge in [0.2, 0.25) is 5.91 Å². The minimum atomic E-state index is -0.612. The molecule has 0 spiro atoms. The number of ether oxygens (including phenoxy) is 2. The summed E-state index contributed by atoms with van der Waals surface area (Å²) in [4.78, 5) is 39.5. The lowest BCUT2D eigenvalue weighted by Crippen LogP contribution is -2.49. The van der Waals surface area contributed by atoms with Gasteiger partial charge < -0.3 is 14.4 Å². The maximum atomic E-state index is 13.0. The molecule has 0 aliphatic carbocycles. The van der Waals surface area contributed by atoms with E-state index in [2.05, 4.69) is 0 Å². The third kappa shape index (κ3) is 6.12. The molecule has 31 heavy (non-hydrogen) atoms. The minimum absolute atomic E-state index is 0.0636. The van der Waals surface area contributed by atoms with Crippen LogP contribution < -0.4 is 0 Å². The average Bonchev–Trinajstić information content (AvgIpc) is 2.79. The van der Waals surface area contributed by atoms with Gasteiger partial charge in [-0.1, -0.05) is 0 Å². The van der Waals surface area contributed by atoms with Crippen molar-refractivity contribution in [2.24, 2.45) is 5.41 Å². The number of benzene rings is 1. The van der Waals surface area contributed by atoms with Gasteiger partial charge in [-0.25, -0.2) is 4.39 Å². The summed E-state index contributed by atoms with van der Waals surface area (Å²) in [6.07, 6.45) is 5.10. The fourth-order valence-electron chi connectivity index (χ4n) is 4.52. The summed E-state index contributed by atoms with van der Waals surface area (Å²) >= 11 is 0. The van der Waals surface area contributed by atoms with Crippen LogP contribution in [0.2, 0.25) is 0 Å². The molecule has 2 saturated heterocycles. The second kappa shape index (κ2) is 10.8. The Morgan fingerprint density at radius 2 is 1.84 bits per heavy atom. The molecule has 1 aromatic rings. The number of carbonyl (C=O) groups excluding carboxylic acids is 3. The van der Waals surface area contributed by atoms with Crippen molar-refractivity contribution in [2.45, 2.75) is 64.4 Å². The van der Waals surface area contributed by atoms with Gasteiger partial charge in [-0.05, 0) is 69.7 Å². The number of Topliss-reactive ketones (excluding diaryl/α,β-unsaturated/α-hetero) is 1. The molecule has 2 aliphatic rings. The van der Waals surface area contributed by atoms with Gasteiger partial charge in [-0.2, -0.15) is 0 Å². The maximum absolute atomic E-state index is 13.0. The molecule has 0 radical (unpaired) electrons. The molecule has 0 unspecified atom stereocenters. The van der Waals surface area contributed by atoms with Gasteiger partial charge >= 0.3 is 5.97 Å². The Morgan fingerprint density at radius 1 is 1.13 bits per heavy atom. The number of rotatable bonds is 8. The van der Waals surface area contributed by atoms with E-state index in [0.29, 0.717) is 44.5 Å². The summed E-state index contributed by atoms with van der Waals surface area (Å²) in [5, 5.41) is 0. The van der Waals surface area contributed by atoms with Gasteiger partial charge in [-0.3, -0.25) is 14.4 Å². The number of likely N-dealkylation sites (tertiary alicyclic amines) is 1. The first-order valence-corrected chi connectivity index (χ1v) is 11.3. The van der Waals surface area contributed by atoms with Crippen LogP contribution in [0, 0.1) is 11.2 Å². The first-order chi connectivity index (χ1) is 14.9. The first-order valence-electron chi connectivity index (χ1n) is 11.3. The van der Waals surface area contributed by atoms with E-state index < -0.39 is 11.2 Å². The third-order valence-corrected chi connectivity index (χ3v) is 6.41. The lowest BCUT2D eigenvalue weighted by molar-refractivity contribution is -0.164. The number of esters is 1. The van der Waals surface area contributed by atoms with Crippen molar-refractivity contribution in [3.8, 4) is 0 Å². The number of hydrogen-bond acceptors (Lipinski definition) is 5. The van der Waals surface area contributed by atoms with E-state index in [4.69, 9.17) is 9.47 Å². The standard InChI is InChI=1S/C24H32FNO5/c1-2-30-23(29)24(17-20-5-3-4-16-31-20)12-14-26(15-13-24)22(28)11-10-21(27)18-6-8-19(25)9-7-18/h6-9,20H,2-5,10-17H2,1H3/t20-/m1/s1. The number of amides is 1. The molecule has 1 atom stereocenters. The van der Waals surface area contributed by atoms with Gasteiger partial charge in [0, 0.05) is 38.1 Å². The zero-order valence-electron chi connectivity index (χ0n) is 18.2. The molecule has 2 fully saturated rings. The molecule has 0 bridgehead atoms. The predicted octanol–water partition coefficient (Wildman–Crippen LogP) is 3.92. The number of ketones is 1. The van der Waals surface area contributed by atoms with E-state index in [1.807, 2.05) is 0 Å². The van der Waals surface area contributed by atoms with Crippen molar-refractivity contribution in [3.63, 3.8) is 0 Å². The molecule has 1 aromatic carbocycles. The molecule has 0 aromatic heterocycles. The summed E-state index contributed by atoms with van der Waals surface area (Å²) < 4.78 is 24.3. The zero-order valence-corrected chi connectivity index (χ0v) is 18.2. The van der Waals surface area contributed by atoms with E-state index >= 15 is 0 Å². The first kappa shape index (κ1) is 23.4. The van der Waals surface area contributed by atoms with Crippen LogP contribution in [0.25, 0.3) is 0 Å². The molecule has 170 valence electrons. The van der Waals surface area contributed by atoms with Crippen molar-refractivity contribution in [3.05, 3.63) is 35.6 Å². The Balaban J connectivity index is 1.54. The molecular weight excluding hydrogens is 401 g/mol. The highest BCUT2D eigenvalue weighted by Gasteiger charge is 2.45. The molecule has 2 aliphatic heterocycles. The van der Waals surface area contributed by atoms with E-state index in [9.17, 15) is 18.8 Å². The van der Waals surface area contributed by atoms with Crippen LogP contribution in [0.4, 0.5) is 4.39 Å². The summed E-state index contributed by atoms with van der Waals surface area (Å²) in [7, 11) is 0. The summed E-state index contributed by atoms with van der Waals surface area (Å²) in [5.41, 5.74) is -0.208.